The molecular weight excluding hydrogens is 403 g/mol. The number of carbonyl (C=O) groups excluding carboxylic acids is 1. The molecule has 1 amide bonds. The molecule has 0 saturated carbocycles. The van der Waals surface area contributed by atoms with Crippen molar-refractivity contribution in [3.63, 3.8) is 0 Å². The smallest absolute Gasteiger partial charge is 0.277 e. The topological polar surface area (TPSA) is 68.0 Å². The van der Waals surface area contributed by atoms with Crippen molar-refractivity contribution in [3.05, 3.63) is 29.3 Å². The normalized spacial score (nSPS) is 11.6. The third-order valence-electron chi connectivity index (χ3n) is 4.47. The third kappa shape index (κ3) is 5.74. The number of halogens is 4. The van der Waals surface area contributed by atoms with Crippen LogP contribution in [0.4, 0.5) is 8.78 Å². The Morgan fingerprint density at radius 1 is 1.23 bits per heavy atom. The van der Waals surface area contributed by atoms with Crippen molar-refractivity contribution in [3.8, 4) is 0 Å². The first-order chi connectivity index (χ1) is 11.4. The summed E-state index contributed by atoms with van der Waals surface area (Å²) in [7, 11) is 0. The molecule has 0 radical (unpaired) electrons. The number of fused-ring (bicyclic) bond motifs is 1. The van der Waals surface area contributed by atoms with E-state index in [2.05, 4.69) is 10.3 Å². The second kappa shape index (κ2) is 10.3. The molecule has 0 atom stereocenters. The number of benzene rings is 1. The van der Waals surface area contributed by atoms with E-state index in [1.807, 2.05) is 38.1 Å². The van der Waals surface area contributed by atoms with E-state index in [9.17, 15) is 13.6 Å². The molecule has 1 aromatic heterocycles. The first-order valence-corrected chi connectivity index (χ1v) is 8.88. The number of alkyl halides is 2. The fraction of sp³-hybridized carbons (Fsp3) is 0.529. The lowest BCUT2D eigenvalue weighted by Crippen LogP contribution is -2.48. The minimum absolute atomic E-state index is 0. The molecule has 0 unspecified atom stereocenters. The van der Waals surface area contributed by atoms with Crippen LogP contribution in [0.25, 0.3) is 10.2 Å². The molecule has 2 rings (SSSR count). The first kappa shape index (κ1) is 25.0. The van der Waals surface area contributed by atoms with Gasteiger partial charge in [-0.05, 0) is 25.0 Å². The number of hydrogen-bond acceptors (Lipinski definition) is 4. The minimum Gasteiger partial charge on any atom is -0.350 e. The monoisotopic (exact) mass is 427 g/mol. The summed E-state index contributed by atoms with van der Waals surface area (Å²) in [6, 6.07) is 7.77. The zero-order chi connectivity index (χ0) is 17.8. The number of nitrogens with one attached hydrogen (secondary N) is 1. The van der Waals surface area contributed by atoms with Gasteiger partial charge in [-0.3, -0.25) is 4.79 Å². The number of amides is 1. The van der Waals surface area contributed by atoms with E-state index < -0.39 is 24.4 Å². The van der Waals surface area contributed by atoms with Crippen LogP contribution in [0.3, 0.4) is 0 Å². The van der Waals surface area contributed by atoms with Crippen LogP contribution in [0.15, 0.2) is 24.3 Å². The summed E-state index contributed by atoms with van der Waals surface area (Å²) >= 11 is 1.54. The van der Waals surface area contributed by atoms with E-state index in [-0.39, 0.29) is 30.7 Å². The Morgan fingerprint density at radius 3 is 2.38 bits per heavy atom. The molecule has 4 nitrogen and oxygen atoms in total. The highest BCUT2D eigenvalue weighted by atomic mass is 35.5. The van der Waals surface area contributed by atoms with E-state index in [1.165, 1.54) is 0 Å². The molecule has 148 valence electrons. The molecule has 1 heterocycles. The molecule has 2 aromatic rings. The maximum Gasteiger partial charge on any atom is 0.277 e. The molecule has 3 N–H and O–H groups in total. The number of thiazole rings is 1. The number of hydrogen-bond donors (Lipinski definition) is 2. The van der Waals surface area contributed by atoms with Gasteiger partial charge in [0.05, 0.1) is 33.7 Å². The second-order valence-corrected chi connectivity index (χ2v) is 7.10. The van der Waals surface area contributed by atoms with Gasteiger partial charge in [-0.2, -0.15) is 0 Å². The van der Waals surface area contributed by atoms with Crippen LogP contribution in [0.1, 0.15) is 31.7 Å². The maximum absolute atomic E-state index is 13.3. The molecular formula is C17H25Cl2F2N3OS. The van der Waals surface area contributed by atoms with Crippen LogP contribution in [0.5, 0.6) is 0 Å². The Kier molecular flexibility index (Phi) is 9.94. The quantitative estimate of drug-likeness (QED) is 0.662. The molecule has 1 aromatic carbocycles. The highest BCUT2D eigenvalue weighted by Gasteiger charge is 2.38. The predicted molar refractivity (Wildman–Crippen MR) is 108 cm³/mol. The van der Waals surface area contributed by atoms with Gasteiger partial charge in [-0.1, -0.05) is 26.0 Å². The third-order valence-corrected chi connectivity index (χ3v) is 5.51. The highest BCUT2D eigenvalue weighted by molar-refractivity contribution is 7.18. The molecule has 0 spiro atoms. The largest absolute Gasteiger partial charge is 0.350 e. The summed E-state index contributed by atoms with van der Waals surface area (Å²) in [5, 5.41) is 3.23. The van der Waals surface area contributed by atoms with Crippen molar-refractivity contribution in [2.24, 2.45) is 11.1 Å². The summed E-state index contributed by atoms with van der Waals surface area (Å²) in [5.41, 5.74) is 5.18. The van der Waals surface area contributed by atoms with Crippen molar-refractivity contribution >= 4 is 52.3 Å². The zero-order valence-electron chi connectivity index (χ0n) is 14.8. The molecule has 0 aliphatic carbocycles. The number of para-hydroxylation sites is 1. The Hall–Kier alpha value is -1.02. The van der Waals surface area contributed by atoms with Gasteiger partial charge in [0.2, 0.25) is 5.91 Å². The van der Waals surface area contributed by atoms with Crippen molar-refractivity contribution in [1.29, 1.82) is 0 Å². The summed E-state index contributed by atoms with van der Waals surface area (Å²) in [6.07, 6.45) is 1.55. The van der Waals surface area contributed by atoms with E-state index in [0.29, 0.717) is 19.3 Å². The van der Waals surface area contributed by atoms with Gasteiger partial charge in [-0.25, -0.2) is 13.8 Å². The van der Waals surface area contributed by atoms with Gasteiger partial charge >= 0.3 is 0 Å². The van der Waals surface area contributed by atoms with Gasteiger partial charge < -0.3 is 11.1 Å². The Balaban J connectivity index is 0.00000312. The van der Waals surface area contributed by atoms with Gasteiger partial charge in [0.1, 0.15) is 0 Å². The van der Waals surface area contributed by atoms with Crippen LogP contribution < -0.4 is 11.1 Å². The number of nitrogens with two attached hydrogens (primary N) is 1. The molecule has 0 aliphatic heterocycles. The number of nitrogens with zero attached hydrogens (tertiary/aromatic N) is 1. The van der Waals surface area contributed by atoms with Crippen LogP contribution in [-0.2, 0) is 11.2 Å². The van der Waals surface area contributed by atoms with Gasteiger partial charge in [0.15, 0.2) is 0 Å². The fourth-order valence-corrected chi connectivity index (χ4v) is 3.77. The SMILES string of the molecule is CCC(CC)(Cc1nc2ccccc2s1)C(=O)NCC(F)(F)CN.Cl.Cl. The van der Waals surface area contributed by atoms with E-state index >= 15 is 0 Å². The minimum atomic E-state index is -3.08. The Labute approximate surface area is 168 Å². The van der Waals surface area contributed by atoms with Crippen molar-refractivity contribution < 1.29 is 13.6 Å². The highest BCUT2D eigenvalue weighted by Crippen LogP contribution is 2.34. The van der Waals surface area contributed by atoms with Gasteiger partial charge in [0, 0.05) is 6.42 Å². The lowest BCUT2D eigenvalue weighted by atomic mass is 9.78. The number of rotatable bonds is 8. The molecule has 26 heavy (non-hydrogen) atoms. The van der Waals surface area contributed by atoms with Crippen LogP contribution >= 0.6 is 36.2 Å². The lowest BCUT2D eigenvalue weighted by Gasteiger charge is -2.30. The van der Waals surface area contributed by atoms with Crippen LogP contribution in [0, 0.1) is 5.41 Å². The summed E-state index contributed by atoms with van der Waals surface area (Å²) < 4.78 is 27.7. The van der Waals surface area contributed by atoms with E-state index in [0.717, 1.165) is 15.2 Å². The second-order valence-electron chi connectivity index (χ2n) is 5.98. The van der Waals surface area contributed by atoms with Crippen molar-refractivity contribution in [2.75, 3.05) is 13.1 Å². The fourth-order valence-electron chi connectivity index (χ4n) is 2.66. The molecule has 0 fully saturated rings. The number of carbonyl (C=O) groups is 1. The molecule has 0 aliphatic rings. The molecule has 0 saturated heterocycles. The van der Waals surface area contributed by atoms with Crippen LogP contribution in [-0.4, -0.2) is 29.9 Å². The summed E-state index contributed by atoms with van der Waals surface area (Å²) in [5.74, 6) is -3.45. The summed E-state index contributed by atoms with van der Waals surface area (Å²) in [4.78, 5) is 17.2. The van der Waals surface area contributed by atoms with Crippen molar-refractivity contribution in [1.82, 2.24) is 10.3 Å². The maximum atomic E-state index is 13.3. The Bertz CT molecular complexity index is 675. The van der Waals surface area contributed by atoms with Gasteiger partial charge in [0.25, 0.3) is 5.92 Å². The first-order valence-electron chi connectivity index (χ1n) is 8.06. The van der Waals surface area contributed by atoms with Crippen molar-refractivity contribution in [2.45, 2.75) is 39.0 Å². The zero-order valence-corrected chi connectivity index (χ0v) is 17.2. The van der Waals surface area contributed by atoms with Crippen LogP contribution in [0.2, 0.25) is 0 Å². The molecule has 9 heteroatoms. The van der Waals surface area contributed by atoms with Gasteiger partial charge in [-0.15, -0.1) is 36.2 Å². The average molecular weight is 428 g/mol. The Morgan fingerprint density at radius 2 is 1.85 bits per heavy atom. The summed E-state index contributed by atoms with van der Waals surface area (Å²) in [6.45, 7) is 2.29. The predicted octanol–water partition coefficient (Wildman–Crippen LogP) is 4.20. The van der Waals surface area contributed by atoms with E-state index in [4.69, 9.17) is 5.73 Å². The number of aromatic nitrogens is 1. The van der Waals surface area contributed by atoms with E-state index in [1.54, 1.807) is 11.3 Å². The lowest BCUT2D eigenvalue weighted by molar-refractivity contribution is -0.133. The standard InChI is InChI=1S/C17H23F2N3OS.2ClH/c1-3-16(4-2,15(23)21-11-17(18,19)10-20)9-14-22-12-7-5-6-8-13(12)24-14;;/h5-8H,3-4,9-11,20H2,1-2H3,(H,21,23);2*1H. The molecule has 0 bridgehead atoms. The average Bonchev–Trinajstić information content (AvgIpc) is 3.00.